The van der Waals surface area contributed by atoms with Crippen LogP contribution >= 0.6 is 12.2 Å². The Kier molecular flexibility index (Phi) is 7.86. The molecule has 0 aliphatic carbocycles. The SMILES string of the molecule is CC1CCCN(c2ccc(C(C)NC(=S)Nc3ccc(C(=O)N4CCCCC4)cc3)cc2)C1. The van der Waals surface area contributed by atoms with Crippen molar-refractivity contribution in [1.82, 2.24) is 10.2 Å². The van der Waals surface area contributed by atoms with Gasteiger partial charge in [-0.05, 0) is 99.1 Å². The minimum Gasteiger partial charge on any atom is -0.371 e. The number of hydrogen-bond donors (Lipinski definition) is 2. The van der Waals surface area contributed by atoms with Crippen molar-refractivity contribution < 1.29 is 4.79 Å². The lowest BCUT2D eigenvalue weighted by atomic mass is 9.99. The number of hydrogen-bond acceptors (Lipinski definition) is 3. The van der Waals surface area contributed by atoms with Crippen molar-refractivity contribution in [3.8, 4) is 0 Å². The second-order valence-corrected chi connectivity index (χ2v) is 9.94. The Balaban J connectivity index is 1.28. The molecule has 1 amide bonds. The summed E-state index contributed by atoms with van der Waals surface area (Å²) in [7, 11) is 0. The normalized spacial score (nSPS) is 19.6. The molecule has 6 heteroatoms. The first-order chi connectivity index (χ1) is 16.0. The zero-order valence-corrected chi connectivity index (χ0v) is 20.7. The number of carbonyl (C=O) groups excluding carboxylic acids is 1. The molecule has 33 heavy (non-hydrogen) atoms. The number of nitrogens with one attached hydrogen (secondary N) is 2. The molecule has 2 unspecified atom stereocenters. The zero-order chi connectivity index (χ0) is 23.2. The van der Waals surface area contributed by atoms with Gasteiger partial charge in [0, 0.05) is 43.1 Å². The van der Waals surface area contributed by atoms with Crippen LogP contribution in [0.3, 0.4) is 0 Å². The molecular weight excluding hydrogens is 428 g/mol. The molecule has 2 fully saturated rings. The van der Waals surface area contributed by atoms with Crippen LogP contribution in [0.2, 0.25) is 0 Å². The highest BCUT2D eigenvalue weighted by atomic mass is 32.1. The first-order valence-electron chi connectivity index (χ1n) is 12.3. The fraction of sp³-hybridized carbons (Fsp3) is 0.481. The van der Waals surface area contributed by atoms with E-state index in [0.717, 1.165) is 56.2 Å². The molecular formula is C27H36N4OS. The van der Waals surface area contributed by atoms with E-state index in [1.165, 1.54) is 30.5 Å². The number of thiocarbonyl (C=S) groups is 1. The lowest BCUT2D eigenvalue weighted by Gasteiger charge is -2.33. The minimum absolute atomic E-state index is 0.0966. The van der Waals surface area contributed by atoms with Gasteiger partial charge in [0.25, 0.3) is 5.91 Å². The summed E-state index contributed by atoms with van der Waals surface area (Å²) in [6.07, 6.45) is 6.02. The van der Waals surface area contributed by atoms with Crippen LogP contribution in [0.25, 0.3) is 0 Å². The van der Waals surface area contributed by atoms with Crippen molar-refractivity contribution in [1.29, 1.82) is 0 Å². The number of benzene rings is 2. The van der Waals surface area contributed by atoms with Gasteiger partial charge in [0.15, 0.2) is 5.11 Å². The molecule has 0 radical (unpaired) electrons. The Morgan fingerprint density at radius 1 is 0.970 bits per heavy atom. The summed E-state index contributed by atoms with van der Waals surface area (Å²) >= 11 is 5.53. The van der Waals surface area contributed by atoms with E-state index in [9.17, 15) is 4.79 Å². The van der Waals surface area contributed by atoms with Crippen LogP contribution in [0.1, 0.15) is 67.9 Å². The summed E-state index contributed by atoms with van der Waals surface area (Å²) in [5, 5.41) is 7.19. The number of rotatable bonds is 5. The van der Waals surface area contributed by atoms with E-state index in [1.807, 2.05) is 29.2 Å². The molecule has 2 saturated heterocycles. The molecule has 2 aliphatic heterocycles. The molecule has 2 aromatic carbocycles. The summed E-state index contributed by atoms with van der Waals surface area (Å²) in [6.45, 7) is 8.47. The van der Waals surface area contributed by atoms with Crippen molar-refractivity contribution in [2.45, 2.75) is 52.0 Å². The van der Waals surface area contributed by atoms with Gasteiger partial charge in [-0.1, -0.05) is 19.1 Å². The molecule has 5 nitrogen and oxygen atoms in total. The average Bonchev–Trinajstić information content (AvgIpc) is 2.84. The van der Waals surface area contributed by atoms with Crippen LogP contribution in [0.15, 0.2) is 48.5 Å². The predicted octanol–water partition coefficient (Wildman–Crippen LogP) is 5.60. The minimum atomic E-state index is 0.0966. The third kappa shape index (κ3) is 6.26. The van der Waals surface area contributed by atoms with Crippen LogP contribution in [-0.2, 0) is 0 Å². The van der Waals surface area contributed by atoms with E-state index in [0.29, 0.717) is 5.11 Å². The van der Waals surface area contributed by atoms with Crippen molar-refractivity contribution >= 4 is 34.6 Å². The van der Waals surface area contributed by atoms with Gasteiger partial charge in [0.05, 0.1) is 6.04 Å². The highest BCUT2D eigenvalue weighted by Gasteiger charge is 2.19. The molecule has 2 heterocycles. The summed E-state index contributed by atoms with van der Waals surface area (Å²) in [6, 6.07) is 16.5. The number of piperidine rings is 2. The molecule has 2 aromatic rings. The van der Waals surface area contributed by atoms with E-state index in [1.54, 1.807) is 0 Å². The number of amides is 1. The van der Waals surface area contributed by atoms with E-state index < -0.39 is 0 Å². The summed E-state index contributed by atoms with van der Waals surface area (Å²) in [5.74, 6) is 0.887. The smallest absolute Gasteiger partial charge is 0.253 e. The van der Waals surface area contributed by atoms with E-state index in [4.69, 9.17) is 12.2 Å². The van der Waals surface area contributed by atoms with Crippen molar-refractivity contribution in [3.05, 3.63) is 59.7 Å². The van der Waals surface area contributed by atoms with Crippen LogP contribution in [0.5, 0.6) is 0 Å². The Morgan fingerprint density at radius 2 is 1.67 bits per heavy atom. The maximum absolute atomic E-state index is 12.6. The number of likely N-dealkylation sites (tertiary alicyclic amines) is 1. The van der Waals surface area contributed by atoms with Crippen molar-refractivity contribution in [2.24, 2.45) is 5.92 Å². The number of nitrogens with zero attached hydrogens (tertiary/aromatic N) is 2. The van der Waals surface area contributed by atoms with E-state index >= 15 is 0 Å². The second kappa shape index (κ2) is 11.0. The molecule has 0 bridgehead atoms. The highest BCUT2D eigenvalue weighted by Crippen LogP contribution is 2.25. The molecule has 2 aliphatic rings. The maximum Gasteiger partial charge on any atom is 0.253 e. The third-order valence-electron chi connectivity index (χ3n) is 6.80. The molecule has 2 atom stereocenters. The van der Waals surface area contributed by atoms with Gasteiger partial charge in [-0.2, -0.15) is 0 Å². The Bertz CT molecular complexity index is 938. The second-order valence-electron chi connectivity index (χ2n) is 9.54. The van der Waals surface area contributed by atoms with Gasteiger partial charge in [-0.3, -0.25) is 4.79 Å². The van der Waals surface area contributed by atoms with Gasteiger partial charge < -0.3 is 20.4 Å². The third-order valence-corrected chi connectivity index (χ3v) is 7.02. The van der Waals surface area contributed by atoms with Crippen LogP contribution in [-0.4, -0.2) is 42.1 Å². The summed E-state index contributed by atoms with van der Waals surface area (Å²) in [4.78, 5) is 17.1. The zero-order valence-electron chi connectivity index (χ0n) is 19.8. The largest absolute Gasteiger partial charge is 0.371 e. The highest BCUT2D eigenvalue weighted by molar-refractivity contribution is 7.80. The van der Waals surface area contributed by atoms with Crippen LogP contribution in [0.4, 0.5) is 11.4 Å². The van der Waals surface area contributed by atoms with Crippen molar-refractivity contribution in [2.75, 3.05) is 36.4 Å². The standard InChI is InChI=1S/C27H36N4OS/c1-20-7-6-18-31(19-20)25-14-10-22(11-15-25)21(2)28-27(33)29-24-12-8-23(9-13-24)26(32)30-16-4-3-5-17-30/h8-15,20-21H,3-7,16-19H2,1-2H3,(H2,28,29,33). The van der Waals surface area contributed by atoms with Crippen molar-refractivity contribution in [3.63, 3.8) is 0 Å². The van der Waals surface area contributed by atoms with Gasteiger partial charge in [0.2, 0.25) is 0 Å². The lowest BCUT2D eigenvalue weighted by molar-refractivity contribution is 0.0724. The quantitative estimate of drug-likeness (QED) is 0.564. The summed E-state index contributed by atoms with van der Waals surface area (Å²) in [5.41, 5.74) is 4.12. The first kappa shape index (κ1) is 23.6. The average molecular weight is 465 g/mol. The van der Waals surface area contributed by atoms with E-state index in [2.05, 4.69) is 53.6 Å². The number of anilines is 2. The Morgan fingerprint density at radius 3 is 2.33 bits per heavy atom. The predicted molar refractivity (Wildman–Crippen MR) is 141 cm³/mol. The lowest BCUT2D eigenvalue weighted by Crippen LogP contribution is -2.35. The van der Waals surface area contributed by atoms with Crippen LogP contribution in [0, 0.1) is 5.92 Å². The number of carbonyl (C=O) groups is 1. The maximum atomic E-state index is 12.6. The first-order valence-corrected chi connectivity index (χ1v) is 12.7. The molecule has 0 aromatic heterocycles. The van der Waals surface area contributed by atoms with Gasteiger partial charge >= 0.3 is 0 Å². The summed E-state index contributed by atoms with van der Waals surface area (Å²) < 4.78 is 0. The molecule has 0 saturated carbocycles. The monoisotopic (exact) mass is 464 g/mol. The van der Waals surface area contributed by atoms with Gasteiger partial charge in [0.1, 0.15) is 0 Å². The molecule has 176 valence electrons. The fourth-order valence-electron chi connectivity index (χ4n) is 4.82. The Labute approximate surface area is 203 Å². The van der Waals surface area contributed by atoms with Gasteiger partial charge in [-0.25, -0.2) is 0 Å². The molecule has 2 N–H and O–H groups in total. The Hall–Kier alpha value is -2.60. The molecule has 4 rings (SSSR count). The van der Waals surface area contributed by atoms with Crippen LogP contribution < -0.4 is 15.5 Å². The molecule has 0 spiro atoms. The van der Waals surface area contributed by atoms with E-state index in [-0.39, 0.29) is 11.9 Å². The topological polar surface area (TPSA) is 47.6 Å². The fourth-order valence-corrected chi connectivity index (χ4v) is 5.12. The van der Waals surface area contributed by atoms with Gasteiger partial charge in [-0.15, -0.1) is 0 Å².